The highest BCUT2D eigenvalue weighted by Crippen LogP contribution is 2.24. The average Bonchev–Trinajstić information content (AvgIpc) is 2.39. The van der Waals surface area contributed by atoms with Gasteiger partial charge >= 0.3 is 0 Å². The Morgan fingerprint density at radius 2 is 1.44 bits per heavy atom. The van der Waals surface area contributed by atoms with Gasteiger partial charge in [-0.1, -0.05) is 0 Å². The van der Waals surface area contributed by atoms with Crippen LogP contribution >= 0.6 is 0 Å². The summed E-state index contributed by atoms with van der Waals surface area (Å²) in [6.07, 6.45) is 0. The van der Waals surface area contributed by atoms with E-state index in [1.165, 1.54) is 29.3 Å². The lowest BCUT2D eigenvalue weighted by molar-refractivity contribution is 0.475. The molecule has 0 bridgehead atoms. The van der Waals surface area contributed by atoms with Crippen molar-refractivity contribution in [3.05, 3.63) is 48.5 Å². The summed E-state index contributed by atoms with van der Waals surface area (Å²) >= 11 is -2.24. The van der Waals surface area contributed by atoms with Crippen molar-refractivity contribution >= 4 is 22.5 Å². The van der Waals surface area contributed by atoms with Crippen molar-refractivity contribution in [3.63, 3.8) is 0 Å². The molecule has 2 rings (SSSR count). The van der Waals surface area contributed by atoms with Crippen LogP contribution in [0.2, 0.25) is 0 Å². The highest BCUT2D eigenvalue weighted by atomic mass is 32.2. The van der Waals surface area contributed by atoms with Crippen molar-refractivity contribution in [1.82, 2.24) is 0 Å². The first kappa shape index (κ1) is 12.6. The summed E-state index contributed by atoms with van der Waals surface area (Å²) in [7, 11) is 0. The highest BCUT2D eigenvalue weighted by Gasteiger charge is 2.04. The number of hydrazine groups is 1. The monoisotopic (exact) mass is 263 g/mol. The number of nitrogens with two attached hydrogens (primary N) is 1. The topological polar surface area (TPSA) is 89.6 Å². The number of anilines is 2. The molecule has 0 saturated heterocycles. The number of phenolic OH excluding ortho intramolecular Hbond substituents is 1. The lowest BCUT2D eigenvalue weighted by Gasteiger charge is -2.19. The molecule has 0 aliphatic carbocycles. The van der Waals surface area contributed by atoms with E-state index in [4.69, 9.17) is 5.84 Å². The van der Waals surface area contributed by atoms with Crippen LogP contribution in [-0.4, -0.2) is 13.9 Å². The fourth-order valence-electron chi connectivity index (χ4n) is 1.48. The van der Waals surface area contributed by atoms with Gasteiger partial charge < -0.3 is 9.66 Å². The summed E-state index contributed by atoms with van der Waals surface area (Å²) in [5.41, 5.74) is 1.33. The Kier molecular flexibility index (Phi) is 3.61. The maximum absolute atomic E-state index is 10.7. The van der Waals surface area contributed by atoms with Crippen LogP contribution in [0.25, 0.3) is 0 Å². The van der Waals surface area contributed by atoms with Crippen molar-refractivity contribution in [3.8, 4) is 5.75 Å². The Morgan fingerprint density at radius 1 is 1.00 bits per heavy atom. The van der Waals surface area contributed by atoms with E-state index in [0.29, 0.717) is 11.4 Å². The van der Waals surface area contributed by atoms with E-state index < -0.39 is 11.1 Å². The lowest BCUT2D eigenvalue weighted by Crippen LogP contribution is -2.24. The number of nitrogens with zero attached hydrogens (tertiary/aromatic N) is 1. The van der Waals surface area contributed by atoms with Crippen LogP contribution in [0.5, 0.6) is 5.75 Å². The molecular weight excluding hydrogens is 252 g/mol. The van der Waals surface area contributed by atoms with Gasteiger partial charge in [-0.05, 0) is 59.6 Å². The third-order valence-corrected chi connectivity index (χ3v) is 3.09. The van der Waals surface area contributed by atoms with E-state index in [1.54, 1.807) is 24.3 Å². The maximum atomic E-state index is 10.7. The van der Waals surface area contributed by atoms with Gasteiger partial charge in [0.05, 0.1) is 11.4 Å². The minimum atomic E-state index is -2.24. The van der Waals surface area contributed by atoms with Crippen molar-refractivity contribution < 1.29 is 13.9 Å². The predicted octanol–water partition coefficient (Wildman–Crippen LogP) is 1.64. The summed E-state index contributed by atoms with van der Waals surface area (Å²) in [6.45, 7) is 0. The van der Waals surface area contributed by atoms with Crippen molar-refractivity contribution in [2.45, 2.75) is 4.90 Å². The molecule has 6 heteroatoms. The standard InChI is InChI=1S/C12H12N2O3S/c13-14(9-1-5-11(15)6-2-9)10-3-7-12(8-4-10)18(16)17/h1-8,15H,13H2,(H,16,17)/p-1. The molecule has 0 aliphatic heterocycles. The number of rotatable bonds is 3. The van der Waals surface area contributed by atoms with Crippen LogP contribution in [0, 0.1) is 0 Å². The molecule has 0 aliphatic rings. The zero-order valence-corrected chi connectivity index (χ0v) is 10.1. The number of hydrogen-bond acceptors (Lipinski definition) is 5. The smallest absolute Gasteiger partial charge is 0.115 e. The van der Waals surface area contributed by atoms with Crippen molar-refractivity contribution in [1.29, 1.82) is 0 Å². The third-order valence-electron chi connectivity index (χ3n) is 2.44. The van der Waals surface area contributed by atoms with Crippen LogP contribution in [0.15, 0.2) is 53.4 Å². The summed E-state index contributed by atoms with van der Waals surface area (Å²) in [5.74, 6) is 6.05. The minimum absolute atomic E-state index is 0.157. The van der Waals surface area contributed by atoms with Gasteiger partial charge in [-0.15, -0.1) is 0 Å². The normalized spacial score (nSPS) is 12.1. The Morgan fingerprint density at radius 3 is 1.89 bits per heavy atom. The van der Waals surface area contributed by atoms with Crippen LogP contribution in [0.1, 0.15) is 0 Å². The molecule has 0 amide bonds. The minimum Gasteiger partial charge on any atom is -0.768 e. The Balaban J connectivity index is 2.25. The first-order valence-electron chi connectivity index (χ1n) is 5.11. The van der Waals surface area contributed by atoms with Gasteiger partial charge in [0, 0.05) is 4.90 Å². The summed E-state index contributed by atoms with van der Waals surface area (Å²) in [5, 5.41) is 10.6. The second kappa shape index (κ2) is 5.18. The van der Waals surface area contributed by atoms with Crippen LogP contribution < -0.4 is 10.9 Å². The van der Waals surface area contributed by atoms with Gasteiger partial charge in [-0.25, -0.2) is 5.84 Å². The third kappa shape index (κ3) is 2.67. The zero-order valence-electron chi connectivity index (χ0n) is 9.32. The number of phenols is 1. The number of benzene rings is 2. The van der Waals surface area contributed by atoms with Crippen molar-refractivity contribution in [2.24, 2.45) is 5.84 Å². The lowest BCUT2D eigenvalue weighted by atomic mass is 10.2. The highest BCUT2D eigenvalue weighted by molar-refractivity contribution is 7.79. The molecule has 18 heavy (non-hydrogen) atoms. The van der Waals surface area contributed by atoms with E-state index >= 15 is 0 Å². The van der Waals surface area contributed by atoms with Gasteiger partial charge in [-0.2, -0.15) is 0 Å². The van der Waals surface area contributed by atoms with Crippen molar-refractivity contribution in [2.75, 3.05) is 5.01 Å². The second-order valence-corrected chi connectivity index (χ2v) is 4.56. The molecule has 0 spiro atoms. The molecule has 1 unspecified atom stereocenters. The SMILES string of the molecule is NN(c1ccc(O)cc1)c1ccc(S(=O)[O-])cc1. The number of aromatic hydroxyl groups is 1. The predicted molar refractivity (Wildman–Crippen MR) is 68.1 cm³/mol. The first-order chi connectivity index (χ1) is 8.58. The molecule has 0 heterocycles. The van der Waals surface area contributed by atoms with Crippen LogP contribution in [-0.2, 0) is 11.1 Å². The first-order valence-corrected chi connectivity index (χ1v) is 6.18. The van der Waals surface area contributed by atoms with E-state index in [9.17, 15) is 13.9 Å². The summed E-state index contributed by atoms with van der Waals surface area (Å²) in [6, 6.07) is 12.5. The molecule has 2 aromatic carbocycles. The molecule has 3 N–H and O–H groups in total. The molecule has 0 fully saturated rings. The fraction of sp³-hybridized carbons (Fsp3) is 0. The number of hydrogen-bond donors (Lipinski definition) is 2. The van der Waals surface area contributed by atoms with E-state index in [1.807, 2.05) is 0 Å². The van der Waals surface area contributed by atoms with Gasteiger partial charge in [0.2, 0.25) is 0 Å². The van der Waals surface area contributed by atoms with Gasteiger partial charge in [0.25, 0.3) is 0 Å². The van der Waals surface area contributed by atoms with E-state index in [0.717, 1.165) is 0 Å². The van der Waals surface area contributed by atoms with E-state index in [-0.39, 0.29) is 10.6 Å². The molecular formula is C12H11N2O3S-. The quantitative estimate of drug-likeness (QED) is 0.499. The van der Waals surface area contributed by atoms with Gasteiger partial charge in [0.1, 0.15) is 5.75 Å². The van der Waals surface area contributed by atoms with Gasteiger partial charge in [0.15, 0.2) is 0 Å². The molecule has 5 nitrogen and oxygen atoms in total. The Bertz CT molecular complexity index is 555. The van der Waals surface area contributed by atoms with E-state index in [2.05, 4.69) is 0 Å². The molecule has 2 aromatic rings. The Labute approximate surface area is 107 Å². The second-order valence-electron chi connectivity index (χ2n) is 3.62. The molecule has 1 atom stereocenters. The largest absolute Gasteiger partial charge is 0.768 e. The molecule has 94 valence electrons. The molecule has 0 saturated carbocycles. The average molecular weight is 263 g/mol. The zero-order chi connectivity index (χ0) is 13.1. The van der Waals surface area contributed by atoms with Crippen LogP contribution in [0.4, 0.5) is 11.4 Å². The molecule has 0 aromatic heterocycles. The summed E-state index contributed by atoms with van der Waals surface area (Å²) < 4.78 is 21.4. The van der Waals surface area contributed by atoms with Crippen LogP contribution in [0.3, 0.4) is 0 Å². The summed E-state index contributed by atoms with van der Waals surface area (Å²) in [4.78, 5) is 0.206. The van der Waals surface area contributed by atoms with Gasteiger partial charge in [-0.3, -0.25) is 9.22 Å². The fourth-order valence-corrected chi connectivity index (χ4v) is 1.84. The molecule has 0 radical (unpaired) electrons. The Hall–Kier alpha value is -1.89. The maximum Gasteiger partial charge on any atom is 0.115 e.